The summed E-state index contributed by atoms with van der Waals surface area (Å²) in [4.78, 5) is 22.2. The lowest BCUT2D eigenvalue weighted by Gasteiger charge is -2.13. The monoisotopic (exact) mass is 244 g/mol. The maximum Gasteiger partial charge on any atom is 0.326 e. The van der Waals surface area contributed by atoms with E-state index in [1.54, 1.807) is 0 Å². The molecule has 0 aromatic rings. The molecule has 0 saturated heterocycles. The van der Waals surface area contributed by atoms with E-state index in [2.05, 4.69) is 19.2 Å². The fourth-order valence-electron chi connectivity index (χ4n) is 1.53. The predicted octanol–water partition coefficient (Wildman–Crippen LogP) is 1.12. The molecule has 0 heterocycles. The largest absolute Gasteiger partial charge is 0.480 e. The van der Waals surface area contributed by atoms with Crippen LogP contribution in [-0.4, -0.2) is 29.6 Å². The number of unbranched alkanes of at least 4 members (excludes halogenated alkanes) is 1. The molecule has 0 fully saturated rings. The Bertz CT molecular complexity index is 242. The van der Waals surface area contributed by atoms with Gasteiger partial charge in [-0.1, -0.05) is 26.7 Å². The molecular formula is C12H24N2O3. The van der Waals surface area contributed by atoms with Crippen molar-refractivity contribution >= 4 is 11.9 Å². The molecule has 0 rings (SSSR count). The standard InChI is InChI=1S/C12H24N2O3/c1-9(2)5-3-4-6-11(15)14-10(7-8-13)12(16)17/h9-10H,3-8,13H2,1-2H3,(H,14,15)(H,16,17)/t10-/m0/s1. The number of nitrogens with one attached hydrogen (secondary N) is 1. The third-order valence-corrected chi connectivity index (χ3v) is 2.52. The van der Waals surface area contributed by atoms with E-state index in [1.165, 1.54) is 0 Å². The maximum absolute atomic E-state index is 11.5. The third kappa shape index (κ3) is 8.68. The second kappa shape index (κ2) is 8.98. The summed E-state index contributed by atoms with van der Waals surface area (Å²) in [5.41, 5.74) is 5.28. The van der Waals surface area contributed by atoms with Crippen LogP contribution in [0.15, 0.2) is 0 Å². The van der Waals surface area contributed by atoms with Crippen LogP contribution < -0.4 is 11.1 Å². The first-order chi connectivity index (χ1) is 7.97. The molecule has 0 radical (unpaired) electrons. The van der Waals surface area contributed by atoms with Crippen LogP contribution in [0.3, 0.4) is 0 Å². The van der Waals surface area contributed by atoms with E-state index in [1.807, 2.05) is 0 Å². The van der Waals surface area contributed by atoms with Gasteiger partial charge in [0.05, 0.1) is 0 Å². The van der Waals surface area contributed by atoms with E-state index in [-0.39, 0.29) is 18.9 Å². The number of carbonyl (C=O) groups excluding carboxylic acids is 1. The van der Waals surface area contributed by atoms with Crippen molar-refractivity contribution in [3.8, 4) is 0 Å². The number of rotatable bonds is 9. The molecule has 0 aromatic carbocycles. The van der Waals surface area contributed by atoms with Crippen LogP contribution in [-0.2, 0) is 9.59 Å². The van der Waals surface area contributed by atoms with Crippen molar-refractivity contribution in [1.29, 1.82) is 0 Å². The molecule has 1 atom stereocenters. The molecule has 1 amide bonds. The normalized spacial score (nSPS) is 12.5. The summed E-state index contributed by atoms with van der Waals surface area (Å²) in [6, 6.07) is -0.849. The Kier molecular flexibility index (Phi) is 8.40. The highest BCUT2D eigenvalue weighted by atomic mass is 16.4. The van der Waals surface area contributed by atoms with Crippen molar-refractivity contribution in [3.63, 3.8) is 0 Å². The highest BCUT2D eigenvalue weighted by Crippen LogP contribution is 2.08. The number of carboxylic acid groups (broad SMARTS) is 1. The van der Waals surface area contributed by atoms with E-state index in [0.29, 0.717) is 12.3 Å². The number of nitrogens with two attached hydrogens (primary N) is 1. The minimum atomic E-state index is -1.02. The number of carbonyl (C=O) groups is 2. The average Bonchev–Trinajstić information content (AvgIpc) is 2.23. The van der Waals surface area contributed by atoms with Gasteiger partial charge in [0.15, 0.2) is 0 Å². The first kappa shape index (κ1) is 15.9. The molecule has 0 aliphatic heterocycles. The van der Waals surface area contributed by atoms with Crippen molar-refractivity contribution in [2.24, 2.45) is 11.7 Å². The Morgan fingerprint density at radius 3 is 2.35 bits per heavy atom. The van der Waals surface area contributed by atoms with Gasteiger partial charge in [-0.15, -0.1) is 0 Å². The minimum absolute atomic E-state index is 0.199. The van der Waals surface area contributed by atoms with Gasteiger partial charge in [-0.25, -0.2) is 4.79 Å². The third-order valence-electron chi connectivity index (χ3n) is 2.52. The van der Waals surface area contributed by atoms with E-state index in [4.69, 9.17) is 10.8 Å². The highest BCUT2D eigenvalue weighted by Gasteiger charge is 2.18. The molecule has 0 bridgehead atoms. The van der Waals surface area contributed by atoms with E-state index < -0.39 is 12.0 Å². The zero-order chi connectivity index (χ0) is 13.3. The van der Waals surface area contributed by atoms with Crippen LogP contribution in [0, 0.1) is 5.92 Å². The Hall–Kier alpha value is -1.10. The Balaban J connectivity index is 3.78. The molecule has 5 heteroatoms. The Morgan fingerprint density at radius 1 is 1.24 bits per heavy atom. The summed E-state index contributed by atoms with van der Waals surface area (Å²) in [7, 11) is 0. The number of hydrogen-bond donors (Lipinski definition) is 3. The van der Waals surface area contributed by atoms with Crippen molar-refractivity contribution in [2.75, 3.05) is 6.54 Å². The Labute approximate surface area is 103 Å². The lowest BCUT2D eigenvalue weighted by Crippen LogP contribution is -2.41. The van der Waals surface area contributed by atoms with Crippen LogP contribution in [0.2, 0.25) is 0 Å². The summed E-state index contributed by atoms with van der Waals surface area (Å²) in [6.45, 7) is 4.54. The molecule has 100 valence electrons. The molecule has 0 aromatic heterocycles. The number of aliphatic carboxylic acids is 1. The smallest absolute Gasteiger partial charge is 0.326 e. The van der Waals surface area contributed by atoms with Crippen molar-refractivity contribution < 1.29 is 14.7 Å². The quantitative estimate of drug-likeness (QED) is 0.530. The Morgan fingerprint density at radius 2 is 1.88 bits per heavy atom. The second-order valence-electron chi connectivity index (χ2n) is 4.68. The van der Waals surface area contributed by atoms with Crippen LogP contribution in [0.5, 0.6) is 0 Å². The molecule has 17 heavy (non-hydrogen) atoms. The zero-order valence-electron chi connectivity index (χ0n) is 10.7. The van der Waals surface area contributed by atoms with Crippen LogP contribution in [0.25, 0.3) is 0 Å². The molecule has 0 aliphatic rings. The van der Waals surface area contributed by atoms with Gasteiger partial charge in [0.1, 0.15) is 6.04 Å². The van der Waals surface area contributed by atoms with Gasteiger partial charge in [0, 0.05) is 6.42 Å². The lowest BCUT2D eigenvalue weighted by atomic mass is 10.1. The summed E-state index contributed by atoms with van der Waals surface area (Å²) < 4.78 is 0. The van der Waals surface area contributed by atoms with Gasteiger partial charge in [-0.3, -0.25) is 4.79 Å². The fraction of sp³-hybridized carbons (Fsp3) is 0.833. The topological polar surface area (TPSA) is 92.4 Å². The summed E-state index contributed by atoms with van der Waals surface area (Å²) in [6.07, 6.45) is 3.56. The molecule has 5 nitrogen and oxygen atoms in total. The predicted molar refractivity (Wildman–Crippen MR) is 66.5 cm³/mol. The molecule has 0 spiro atoms. The number of carboxylic acids is 1. The summed E-state index contributed by atoms with van der Waals surface area (Å²) in [5.74, 6) is -0.581. The van der Waals surface area contributed by atoms with E-state index >= 15 is 0 Å². The fourth-order valence-corrected chi connectivity index (χ4v) is 1.53. The second-order valence-corrected chi connectivity index (χ2v) is 4.68. The molecule has 0 unspecified atom stereocenters. The van der Waals surface area contributed by atoms with E-state index in [0.717, 1.165) is 19.3 Å². The first-order valence-electron chi connectivity index (χ1n) is 6.19. The first-order valence-corrected chi connectivity index (χ1v) is 6.19. The number of hydrogen-bond acceptors (Lipinski definition) is 3. The molecular weight excluding hydrogens is 220 g/mol. The zero-order valence-corrected chi connectivity index (χ0v) is 10.7. The van der Waals surface area contributed by atoms with Gasteiger partial charge >= 0.3 is 5.97 Å². The minimum Gasteiger partial charge on any atom is -0.480 e. The van der Waals surface area contributed by atoms with Gasteiger partial charge < -0.3 is 16.2 Å². The van der Waals surface area contributed by atoms with Crippen molar-refractivity contribution in [3.05, 3.63) is 0 Å². The lowest BCUT2D eigenvalue weighted by molar-refractivity contribution is -0.142. The highest BCUT2D eigenvalue weighted by molar-refractivity contribution is 5.83. The maximum atomic E-state index is 11.5. The van der Waals surface area contributed by atoms with Crippen LogP contribution >= 0.6 is 0 Å². The van der Waals surface area contributed by atoms with E-state index in [9.17, 15) is 9.59 Å². The van der Waals surface area contributed by atoms with Crippen molar-refractivity contribution in [2.45, 2.75) is 52.0 Å². The summed E-state index contributed by atoms with van der Waals surface area (Å²) in [5, 5.41) is 11.3. The van der Waals surface area contributed by atoms with Gasteiger partial charge in [-0.2, -0.15) is 0 Å². The summed E-state index contributed by atoms with van der Waals surface area (Å²) >= 11 is 0. The van der Waals surface area contributed by atoms with Gasteiger partial charge in [0.2, 0.25) is 5.91 Å². The average molecular weight is 244 g/mol. The van der Waals surface area contributed by atoms with Gasteiger partial charge in [-0.05, 0) is 25.3 Å². The molecule has 0 aliphatic carbocycles. The van der Waals surface area contributed by atoms with Crippen molar-refractivity contribution in [1.82, 2.24) is 5.32 Å². The molecule has 4 N–H and O–H groups in total. The van der Waals surface area contributed by atoms with Gasteiger partial charge in [0.25, 0.3) is 0 Å². The SMILES string of the molecule is CC(C)CCCCC(=O)N[C@@H](CCN)C(=O)O. The van der Waals surface area contributed by atoms with Crippen LogP contribution in [0.4, 0.5) is 0 Å². The number of amides is 1. The van der Waals surface area contributed by atoms with Crippen LogP contribution in [0.1, 0.15) is 46.0 Å². The molecule has 0 saturated carbocycles.